The predicted molar refractivity (Wildman–Crippen MR) is 60.8 cm³/mol. The van der Waals surface area contributed by atoms with Crippen LogP contribution in [0.1, 0.15) is 23.8 Å². The standard InChI is InChI=1S/C11H16N2O3/c1-2-16-7-3-6-12-9-4-5-10(11(14)15)13-8-9/h4-5,8,12H,2-3,6-7H2,1H3,(H,14,15). The van der Waals surface area contributed by atoms with Crippen molar-refractivity contribution in [2.45, 2.75) is 13.3 Å². The van der Waals surface area contributed by atoms with Crippen molar-refractivity contribution in [1.29, 1.82) is 0 Å². The van der Waals surface area contributed by atoms with Crippen molar-refractivity contribution in [2.24, 2.45) is 0 Å². The van der Waals surface area contributed by atoms with Crippen LogP contribution in [0.15, 0.2) is 18.3 Å². The number of hydrogen-bond acceptors (Lipinski definition) is 4. The molecule has 0 amide bonds. The van der Waals surface area contributed by atoms with Crippen LogP contribution in [0, 0.1) is 0 Å². The lowest BCUT2D eigenvalue weighted by atomic mass is 10.3. The highest BCUT2D eigenvalue weighted by Gasteiger charge is 2.02. The highest BCUT2D eigenvalue weighted by molar-refractivity contribution is 5.85. The van der Waals surface area contributed by atoms with E-state index in [1.54, 1.807) is 6.07 Å². The van der Waals surface area contributed by atoms with Gasteiger partial charge in [-0.25, -0.2) is 9.78 Å². The second-order valence-corrected chi connectivity index (χ2v) is 3.21. The molecule has 0 aromatic carbocycles. The molecule has 0 fully saturated rings. The minimum atomic E-state index is -1.01. The van der Waals surface area contributed by atoms with Crippen LogP contribution >= 0.6 is 0 Å². The van der Waals surface area contributed by atoms with Gasteiger partial charge in [0.2, 0.25) is 0 Å². The van der Waals surface area contributed by atoms with Crippen LogP contribution in [0.5, 0.6) is 0 Å². The number of anilines is 1. The number of aromatic carboxylic acids is 1. The molecule has 1 aromatic heterocycles. The van der Waals surface area contributed by atoms with Crippen molar-refractivity contribution in [3.63, 3.8) is 0 Å². The molecule has 0 saturated heterocycles. The van der Waals surface area contributed by atoms with Crippen molar-refractivity contribution in [3.8, 4) is 0 Å². The third-order valence-electron chi connectivity index (χ3n) is 1.98. The summed E-state index contributed by atoms with van der Waals surface area (Å²) in [5.41, 5.74) is 0.876. The van der Waals surface area contributed by atoms with Gasteiger partial charge >= 0.3 is 5.97 Å². The van der Waals surface area contributed by atoms with Crippen molar-refractivity contribution in [3.05, 3.63) is 24.0 Å². The summed E-state index contributed by atoms with van der Waals surface area (Å²) >= 11 is 0. The second-order valence-electron chi connectivity index (χ2n) is 3.21. The molecule has 1 aromatic rings. The second kappa shape index (κ2) is 6.79. The van der Waals surface area contributed by atoms with Gasteiger partial charge in [0.15, 0.2) is 0 Å². The zero-order chi connectivity index (χ0) is 11.8. The number of carbonyl (C=O) groups is 1. The van der Waals surface area contributed by atoms with Crippen molar-refractivity contribution in [1.82, 2.24) is 4.98 Å². The Bertz CT molecular complexity index is 325. The van der Waals surface area contributed by atoms with Crippen LogP contribution in [0.2, 0.25) is 0 Å². The first-order chi connectivity index (χ1) is 7.74. The minimum Gasteiger partial charge on any atom is -0.477 e. The maximum Gasteiger partial charge on any atom is 0.354 e. The van der Waals surface area contributed by atoms with Gasteiger partial charge in [-0.2, -0.15) is 0 Å². The summed E-state index contributed by atoms with van der Waals surface area (Å²) in [6, 6.07) is 3.18. The molecule has 1 rings (SSSR count). The van der Waals surface area contributed by atoms with E-state index >= 15 is 0 Å². The molecule has 0 aliphatic rings. The zero-order valence-corrected chi connectivity index (χ0v) is 9.27. The van der Waals surface area contributed by atoms with Crippen LogP contribution in [0.4, 0.5) is 5.69 Å². The fourth-order valence-electron chi connectivity index (χ4n) is 1.18. The van der Waals surface area contributed by atoms with Crippen molar-refractivity contribution in [2.75, 3.05) is 25.1 Å². The van der Waals surface area contributed by atoms with Crippen LogP contribution in [0.3, 0.4) is 0 Å². The fourth-order valence-corrected chi connectivity index (χ4v) is 1.18. The van der Waals surface area contributed by atoms with Crippen LogP contribution in [-0.4, -0.2) is 35.8 Å². The lowest BCUT2D eigenvalue weighted by molar-refractivity contribution is 0.0690. The van der Waals surface area contributed by atoms with Crippen LogP contribution in [0.25, 0.3) is 0 Å². The summed E-state index contributed by atoms with van der Waals surface area (Å²) in [6.45, 7) is 4.20. The Balaban J connectivity index is 2.29. The molecule has 0 atom stereocenters. The molecule has 2 N–H and O–H groups in total. The van der Waals surface area contributed by atoms with E-state index in [9.17, 15) is 4.79 Å². The van der Waals surface area contributed by atoms with Gasteiger partial charge in [0.25, 0.3) is 0 Å². The van der Waals surface area contributed by atoms with Gasteiger partial charge < -0.3 is 15.2 Å². The summed E-state index contributed by atoms with van der Waals surface area (Å²) < 4.78 is 5.19. The van der Waals surface area contributed by atoms with Crippen molar-refractivity contribution < 1.29 is 14.6 Å². The lowest BCUT2D eigenvalue weighted by Crippen LogP contribution is -2.07. The molecule has 16 heavy (non-hydrogen) atoms. The van der Waals surface area contributed by atoms with Gasteiger partial charge in [-0.3, -0.25) is 0 Å². The van der Waals surface area contributed by atoms with E-state index in [0.29, 0.717) is 0 Å². The number of nitrogens with one attached hydrogen (secondary N) is 1. The average molecular weight is 224 g/mol. The SMILES string of the molecule is CCOCCCNc1ccc(C(=O)O)nc1. The molecule has 0 bridgehead atoms. The Hall–Kier alpha value is -1.62. The average Bonchev–Trinajstić information content (AvgIpc) is 2.29. The van der Waals surface area contributed by atoms with Gasteiger partial charge in [0.1, 0.15) is 5.69 Å². The molecule has 0 saturated carbocycles. The van der Waals surface area contributed by atoms with Crippen LogP contribution < -0.4 is 5.32 Å². The molecule has 0 unspecified atom stereocenters. The maximum atomic E-state index is 10.5. The first-order valence-electron chi connectivity index (χ1n) is 5.25. The molecule has 5 heteroatoms. The number of carboxylic acids is 1. The smallest absolute Gasteiger partial charge is 0.354 e. The van der Waals surface area contributed by atoms with E-state index in [1.165, 1.54) is 12.3 Å². The highest BCUT2D eigenvalue weighted by Crippen LogP contribution is 2.05. The lowest BCUT2D eigenvalue weighted by Gasteiger charge is -2.05. The number of hydrogen-bond donors (Lipinski definition) is 2. The monoisotopic (exact) mass is 224 g/mol. The van der Waals surface area contributed by atoms with Crippen LogP contribution in [-0.2, 0) is 4.74 Å². The van der Waals surface area contributed by atoms with Gasteiger partial charge in [0.05, 0.1) is 11.9 Å². The predicted octanol–water partition coefficient (Wildman–Crippen LogP) is 1.62. The van der Waals surface area contributed by atoms with Gasteiger partial charge in [0, 0.05) is 19.8 Å². The van der Waals surface area contributed by atoms with E-state index < -0.39 is 5.97 Å². The number of aromatic nitrogens is 1. The van der Waals surface area contributed by atoms with Gasteiger partial charge in [-0.1, -0.05) is 0 Å². The number of nitrogens with zero attached hydrogens (tertiary/aromatic N) is 1. The third-order valence-corrected chi connectivity index (χ3v) is 1.98. The minimum absolute atomic E-state index is 0.0554. The van der Waals surface area contributed by atoms with E-state index in [1.807, 2.05) is 6.92 Å². The fraction of sp³-hybridized carbons (Fsp3) is 0.455. The molecular weight excluding hydrogens is 208 g/mol. The maximum absolute atomic E-state index is 10.5. The summed E-state index contributed by atoms with van der Waals surface area (Å²) in [6.07, 6.45) is 2.43. The summed E-state index contributed by atoms with van der Waals surface area (Å²) in [4.78, 5) is 14.3. The molecule has 0 radical (unpaired) electrons. The van der Waals surface area contributed by atoms with Crippen molar-refractivity contribution >= 4 is 11.7 Å². The number of carboxylic acid groups (broad SMARTS) is 1. The molecule has 88 valence electrons. The molecule has 1 heterocycles. The van der Waals surface area contributed by atoms with E-state index in [2.05, 4.69) is 10.3 Å². The summed E-state index contributed by atoms with van der Waals surface area (Å²) in [5, 5.41) is 11.8. The Kier molecular flexibility index (Phi) is 5.28. The van der Waals surface area contributed by atoms with E-state index in [0.717, 1.165) is 31.9 Å². The number of ether oxygens (including phenoxy) is 1. The Morgan fingerprint density at radius 3 is 2.94 bits per heavy atom. The summed E-state index contributed by atoms with van der Waals surface area (Å²) in [7, 11) is 0. The molecular formula is C11H16N2O3. The zero-order valence-electron chi connectivity index (χ0n) is 9.27. The molecule has 5 nitrogen and oxygen atoms in total. The largest absolute Gasteiger partial charge is 0.477 e. The topological polar surface area (TPSA) is 71.5 Å². The Morgan fingerprint density at radius 2 is 2.38 bits per heavy atom. The Morgan fingerprint density at radius 1 is 1.56 bits per heavy atom. The first-order valence-corrected chi connectivity index (χ1v) is 5.25. The third kappa shape index (κ3) is 4.27. The molecule has 0 spiro atoms. The van der Waals surface area contributed by atoms with Gasteiger partial charge in [-0.15, -0.1) is 0 Å². The number of pyridine rings is 1. The highest BCUT2D eigenvalue weighted by atomic mass is 16.5. The Labute approximate surface area is 94.5 Å². The quantitative estimate of drug-likeness (QED) is 0.688. The normalized spacial score (nSPS) is 10.1. The number of rotatable bonds is 7. The van der Waals surface area contributed by atoms with Gasteiger partial charge in [-0.05, 0) is 25.5 Å². The molecule has 0 aliphatic carbocycles. The van der Waals surface area contributed by atoms with E-state index in [-0.39, 0.29) is 5.69 Å². The molecule has 0 aliphatic heterocycles. The van der Waals surface area contributed by atoms with E-state index in [4.69, 9.17) is 9.84 Å². The summed E-state index contributed by atoms with van der Waals surface area (Å²) in [5.74, 6) is -1.01. The first kappa shape index (κ1) is 12.4.